The van der Waals surface area contributed by atoms with Gasteiger partial charge in [0.05, 0.1) is 30.8 Å². The van der Waals surface area contributed by atoms with Gasteiger partial charge in [0.1, 0.15) is 12.4 Å². The van der Waals surface area contributed by atoms with Crippen LogP contribution in [0.4, 0.5) is 0 Å². The van der Waals surface area contributed by atoms with Crippen molar-refractivity contribution in [2.45, 2.75) is 65.0 Å². The van der Waals surface area contributed by atoms with Crippen LogP contribution in [0.25, 0.3) is 11.3 Å². The Balaban J connectivity index is 1.29. The number of nitrogens with zero attached hydrogens (tertiary/aromatic N) is 1. The summed E-state index contributed by atoms with van der Waals surface area (Å²) in [4.78, 5) is 56.7. The van der Waals surface area contributed by atoms with Crippen LogP contribution >= 0.6 is 0 Å². The average Bonchev–Trinajstić information content (AvgIpc) is 3.64. The van der Waals surface area contributed by atoms with Crippen LogP contribution in [0.5, 0.6) is 0 Å². The summed E-state index contributed by atoms with van der Waals surface area (Å²) in [5.74, 6) is -1.21. The largest absolute Gasteiger partial charge is 0.462 e. The number of rotatable bonds is 20. The van der Waals surface area contributed by atoms with Crippen molar-refractivity contribution in [3.63, 3.8) is 0 Å². The van der Waals surface area contributed by atoms with Crippen LogP contribution in [0.15, 0.2) is 101 Å². The molecule has 0 bridgehead atoms. The summed E-state index contributed by atoms with van der Waals surface area (Å²) in [6.07, 6.45) is 5.08. The fraction of sp³-hybridized carbons (Fsp3) is 0.333. The molecular weight excluding hydrogens is 622 g/mol. The number of carbonyl (C=O) groups is 4. The summed E-state index contributed by atoms with van der Waals surface area (Å²) >= 11 is 0. The van der Waals surface area contributed by atoms with Gasteiger partial charge >= 0.3 is 5.97 Å². The van der Waals surface area contributed by atoms with E-state index < -0.39 is 23.8 Å². The lowest BCUT2D eigenvalue weighted by atomic mass is 9.90. The van der Waals surface area contributed by atoms with Crippen LogP contribution in [0.1, 0.15) is 78.0 Å². The maximum Gasteiger partial charge on any atom is 0.338 e. The molecule has 0 unspecified atom stereocenters. The molecular formula is C39H45N3O7. The second-order valence-corrected chi connectivity index (χ2v) is 11.6. The smallest absolute Gasteiger partial charge is 0.338 e. The average molecular weight is 668 g/mol. The van der Waals surface area contributed by atoms with Gasteiger partial charge in [-0.15, -0.1) is 0 Å². The molecule has 4 aromatic rings. The number of hydroxylamine groups is 2. The van der Waals surface area contributed by atoms with Crippen LogP contribution in [-0.4, -0.2) is 48.6 Å². The van der Waals surface area contributed by atoms with E-state index >= 15 is 0 Å². The van der Waals surface area contributed by atoms with Crippen LogP contribution in [0.3, 0.4) is 0 Å². The van der Waals surface area contributed by atoms with E-state index in [9.17, 15) is 19.2 Å². The van der Waals surface area contributed by atoms with E-state index in [1.165, 1.54) is 5.06 Å². The molecule has 3 amide bonds. The van der Waals surface area contributed by atoms with Crippen LogP contribution in [0.2, 0.25) is 0 Å². The second kappa shape index (κ2) is 19.6. The zero-order chi connectivity index (χ0) is 34.8. The third-order valence-electron chi connectivity index (χ3n) is 8.21. The topological polar surface area (TPSA) is 127 Å². The molecule has 0 aliphatic carbocycles. The van der Waals surface area contributed by atoms with E-state index in [-0.39, 0.29) is 31.5 Å². The Morgan fingerprint density at radius 2 is 1.53 bits per heavy atom. The van der Waals surface area contributed by atoms with Gasteiger partial charge in [-0.3, -0.25) is 19.2 Å². The van der Waals surface area contributed by atoms with Gasteiger partial charge in [0.15, 0.2) is 5.76 Å². The number of benzene rings is 3. The Morgan fingerprint density at radius 1 is 0.837 bits per heavy atom. The van der Waals surface area contributed by atoms with Gasteiger partial charge in [0.2, 0.25) is 12.3 Å². The van der Waals surface area contributed by atoms with Crippen LogP contribution in [0, 0.1) is 5.92 Å². The molecule has 10 nitrogen and oxygen atoms in total. The SMILES string of the molecule is CCCCC[C@@H](C(=O)NCNC(=O)c1ccc(-c2ccc(C(=O)OCCc3ccccc3)cc2)o1)[C@@H](CC)N(C=O)OCc1ccccc1. The number of ether oxygens (including phenoxy) is 1. The van der Waals surface area contributed by atoms with Crippen molar-refractivity contribution in [3.05, 3.63) is 120 Å². The lowest BCUT2D eigenvalue weighted by molar-refractivity contribution is -0.200. The zero-order valence-electron chi connectivity index (χ0n) is 28.1. The van der Waals surface area contributed by atoms with Gasteiger partial charge in [-0.2, -0.15) is 0 Å². The van der Waals surface area contributed by atoms with Crippen molar-refractivity contribution in [2.75, 3.05) is 13.3 Å². The first kappa shape index (κ1) is 36.6. The third-order valence-corrected chi connectivity index (χ3v) is 8.21. The molecule has 0 saturated carbocycles. The number of amides is 3. The number of hydrogen-bond donors (Lipinski definition) is 2. The number of carbonyl (C=O) groups excluding carboxylic acids is 4. The van der Waals surface area contributed by atoms with E-state index in [2.05, 4.69) is 17.6 Å². The van der Waals surface area contributed by atoms with Gasteiger partial charge < -0.3 is 19.8 Å². The van der Waals surface area contributed by atoms with Gasteiger partial charge in [-0.05, 0) is 48.2 Å². The van der Waals surface area contributed by atoms with Gasteiger partial charge in [0, 0.05) is 12.0 Å². The molecule has 0 aliphatic heterocycles. The highest BCUT2D eigenvalue weighted by molar-refractivity contribution is 5.92. The maximum atomic E-state index is 13.4. The summed E-state index contributed by atoms with van der Waals surface area (Å²) in [7, 11) is 0. The highest BCUT2D eigenvalue weighted by Crippen LogP contribution is 2.24. The molecule has 0 saturated heterocycles. The molecule has 258 valence electrons. The normalized spacial score (nSPS) is 12.0. The van der Waals surface area contributed by atoms with Crippen molar-refractivity contribution in [1.82, 2.24) is 15.7 Å². The van der Waals surface area contributed by atoms with Gasteiger partial charge in [-0.25, -0.2) is 9.86 Å². The fourth-order valence-corrected chi connectivity index (χ4v) is 5.49. The number of unbranched alkanes of at least 4 members (excludes halogenated alkanes) is 2. The quantitative estimate of drug-likeness (QED) is 0.0353. The minimum atomic E-state index is -0.534. The zero-order valence-corrected chi connectivity index (χ0v) is 28.1. The molecule has 4 rings (SSSR count). The van der Waals surface area contributed by atoms with E-state index in [1.54, 1.807) is 36.4 Å². The predicted molar refractivity (Wildman–Crippen MR) is 186 cm³/mol. The number of esters is 1. The summed E-state index contributed by atoms with van der Waals surface area (Å²) in [6, 6.07) is 28.8. The molecule has 0 fully saturated rings. The van der Waals surface area contributed by atoms with Gasteiger partial charge in [0.25, 0.3) is 5.91 Å². The summed E-state index contributed by atoms with van der Waals surface area (Å²) in [6.45, 7) is 4.35. The standard InChI is InChI=1S/C39H45N3O7/c1-3-5-8-17-33(34(4-2)42(28-43)48-26-30-15-11-7-12-16-30)37(44)40-27-41-38(45)36-23-22-35(49-36)31-18-20-32(21-19-31)39(46)47-25-24-29-13-9-6-10-14-29/h6-7,9-16,18-23,28,33-34H,3-5,8,17,24-27H2,1-2H3,(H,40,44)(H,41,45)/t33-,34-/m1/s1. The Hall–Kier alpha value is -5.22. The lowest BCUT2D eigenvalue weighted by Crippen LogP contribution is -2.48. The molecule has 2 N–H and O–H groups in total. The second-order valence-electron chi connectivity index (χ2n) is 11.6. The molecule has 1 aromatic heterocycles. The highest BCUT2D eigenvalue weighted by atomic mass is 16.7. The lowest BCUT2D eigenvalue weighted by Gasteiger charge is -2.32. The van der Waals surface area contributed by atoms with Gasteiger partial charge in [-0.1, -0.05) is 106 Å². The summed E-state index contributed by atoms with van der Waals surface area (Å²) < 4.78 is 11.2. The Bertz CT molecular complexity index is 1610. The molecule has 0 spiro atoms. The maximum absolute atomic E-state index is 13.4. The highest BCUT2D eigenvalue weighted by Gasteiger charge is 2.32. The first-order valence-electron chi connectivity index (χ1n) is 16.8. The number of furan rings is 1. The number of hydrogen-bond acceptors (Lipinski definition) is 7. The van der Waals surface area contributed by atoms with Crippen molar-refractivity contribution in [1.29, 1.82) is 0 Å². The summed E-state index contributed by atoms with van der Waals surface area (Å²) in [5.41, 5.74) is 3.10. The van der Waals surface area contributed by atoms with E-state index in [0.29, 0.717) is 42.6 Å². The molecule has 3 aromatic carbocycles. The Kier molecular flexibility index (Phi) is 14.6. The van der Waals surface area contributed by atoms with Crippen molar-refractivity contribution >= 4 is 24.2 Å². The molecule has 10 heteroatoms. The predicted octanol–water partition coefficient (Wildman–Crippen LogP) is 6.71. The molecule has 49 heavy (non-hydrogen) atoms. The molecule has 1 heterocycles. The Morgan fingerprint density at radius 3 is 2.18 bits per heavy atom. The Labute approximate surface area is 287 Å². The first-order chi connectivity index (χ1) is 23.9. The monoisotopic (exact) mass is 667 g/mol. The van der Waals surface area contributed by atoms with Crippen molar-refractivity contribution < 1.29 is 33.2 Å². The van der Waals surface area contributed by atoms with Crippen LogP contribution in [-0.2, 0) is 32.2 Å². The van der Waals surface area contributed by atoms with Crippen molar-refractivity contribution in [3.8, 4) is 11.3 Å². The third kappa shape index (κ3) is 11.2. The fourth-order valence-electron chi connectivity index (χ4n) is 5.49. The van der Waals surface area contributed by atoms with Crippen LogP contribution < -0.4 is 10.6 Å². The minimum absolute atomic E-state index is 0.0704. The minimum Gasteiger partial charge on any atom is -0.462 e. The first-order valence-corrected chi connectivity index (χ1v) is 16.8. The number of nitrogens with one attached hydrogen (secondary N) is 2. The van der Waals surface area contributed by atoms with E-state index in [0.717, 1.165) is 30.4 Å². The van der Waals surface area contributed by atoms with Crippen molar-refractivity contribution in [2.24, 2.45) is 5.92 Å². The summed E-state index contributed by atoms with van der Waals surface area (Å²) in [5, 5.41) is 6.72. The van der Waals surface area contributed by atoms with E-state index in [4.69, 9.17) is 14.0 Å². The molecule has 0 aliphatic rings. The van der Waals surface area contributed by atoms with E-state index in [1.807, 2.05) is 67.6 Å². The molecule has 2 atom stereocenters. The molecule has 0 radical (unpaired) electrons.